The number of carbonyl (C=O) groups excluding carboxylic acids is 1. The van der Waals surface area contributed by atoms with Crippen molar-refractivity contribution in [3.63, 3.8) is 0 Å². The van der Waals surface area contributed by atoms with E-state index in [9.17, 15) is 26.4 Å². The number of nitrogens with zero attached hydrogens (tertiary/aromatic N) is 1. The van der Waals surface area contributed by atoms with Crippen molar-refractivity contribution in [3.8, 4) is 0 Å². The molecule has 1 aliphatic heterocycles. The highest BCUT2D eigenvalue weighted by molar-refractivity contribution is 7.89. The van der Waals surface area contributed by atoms with Gasteiger partial charge in [-0.15, -0.1) is 0 Å². The summed E-state index contributed by atoms with van der Waals surface area (Å²) in [5, 5.41) is 3.28. The van der Waals surface area contributed by atoms with Crippen molar-refractivity contribution in [3.05, 3.63) is 29.8 Å². The van der Waals surface area contributed by atoms with Crippen molar-refractivity contribution in [1.29, 1.82) is 0 Å². The lowest BCUT2D eigenvalue weighted by Crippen LogP contribution is -2.48. The van der Waals surface area contributed by atoms with Gasteiger partial charge in [0.15, 0.2) is 0 Å². The fraction of sp³-hybridized carbons (Fsp3) is 0.632. The van der Waals surface area contributed by atoms with E-state index < -0.39 is 33.7 Å². The molecule has 162 valence electrons. The maximum Gasteiger partial charge on any atom is 0.416 e. The molecule has 4 atom stereocenters. The highest BCUT2D eigenvalue weighted by Gasteiger charge is 2.47. The van der Waals surface area contributed by atoms with E-state index >= 15 is 0 Å². The molecule has 0 spiro atoms. The van der Waals surface area contributed by atoms with Gasteiger partial charge in [0.2, 0.25) is 15.9 Å². The smallest absolute Gasteiger partial charge is 0.368 e. The van der Waals surface area contributed by atoms with Crippen molar-refractivity contribution in [1.82, 2.24) is 9.62 Å². The quantitative estimate of drug-likeness (QED) is 0.691. The average Bonchev–Trinajstić information content (AvgIpc) is 3.23. The number of benzene rings is 1. The maximum absolute atomic E-state index is 13.0. The minimum atomic E-state index is -4.61. The van der Waals surface area contributed by atoms with E-state index in [1.165, 1.54) is 10.4 Å². The lowest BCUT2D eigenvalue weighted by Gasteiger charge is -2.25. The van der Waals surface area contributed by atoms with E-state index in [-0.39, 0.29) is 35.9 Å². The molecule has 1 aliphatic carbocycles. The zero-order valence-corrected chi connectivity index (χ0v) is 17.0. The van der Waals surface area contributed by atoms with Crippen LogP contribution in [0.5, 0.6) is 0 Å². The van der Waals surface area contributed by atoms with Crippen LogP contribution < -0.4 is 11.1 Å². The third kappa shape index (κ3) is 4.59. The van der Waals surface area contributed by atoms with Crippen LogP contribution in [0, 0.1) is 11.8 Å². The molecular weight excluding hydrogens is 407 g/mol. The molecule has 1 heterocycles. The predicted octanol–water partition coefficient (Wildman–Crippen LogP) is 2.35. The van der Waals surface area contributed by atoms with Crippen LogP contribution in [0.15, 0.2) is 29.2 Å². The van der Waals surface area contributed by atoms with Crippen molar-refractivity contribution in [2.45, 2.75) is 55.8 Å². The number of fused-ring (bicyclic) bond motifs is 1. The molecule has 1 amide bonds. The largest absolute Gasteiger partial charge is 0.416 e. The summed E-state index contributed by atoms with van der Waals surface area (Å²) in [7, 11) is -4.03. The second-order valence-corrected chi connectivity index (χ2v) is 9.80. The van der Waals surface area contributed by atoms with E-state index in [0.717, 1.165) is 31.4 Å². The molecule has 3 N–H and O–H groups in total. The van der Waals surface area contributed by atoms with Crippen LogP contribution in [0.2, 0.25) is 0 Å². The van der Waals surface area contributed by atoms with Crippen molar-refractivity contribution >= 4 is 15.9 Å². The molecule has 29 heavy (non-hydrogen) atoms. The molecule has 10 heteroatoms. The Labute approximate surface area is 168 Å². The van der Waals surface area contributed by atoms with E-state index in [0.29, 0.717) is 12.5 Å². The Hall–Kier alpha value is -1.65. The number of primary amides is 1. The van der Waals surface area contributed by atoms with Gasteiger partial charge in [0.25, 0.3) is 0 Å². The highest BCUT2D eigenvalue weighted by Crippen LogP contribution is 2.41. The molecule has 0 unspecified atom stereocenters. The van der Waals surface area contributed by atoms with Crippen LogP contribution in [0.1, 0.15) is 38.2 Å². The first-order chi connectivity index (χ1) is 13.5. The molecule has 3 rings (SSSR count). The molecule has 1 aromatic rings. The molecule has 1 aromatic carbocycles. The van der Waals surface area contributed by atoms with Crippen molar-refractivity contribution in [2.24, 2.45) is 17.6 Å². The summed E-state index contributed by atoms with van der Waals surface area (Å²) >= 11 is 0. The van der Waals surface area contributed by atoms with Crippen molar-refractivity contribution in [2.75, 3.05) is 13.1 Å². The lowest BCUT2D eigenvalue weighted by molar-refractivity contribution is -0.137. The normalized spacial score (nSPS) is 26.4. The molecule has 0 aromatic heterocycles. The number of carbonyl (C=O) groups is 1. The summed E-state index contributed by atoms with van der Waals surface area (Å²) in [5.74, 6) is -0.306. The standard InChI is InChI=1S/C19H26F3N3O3S/c1-2-4-17(18(23)26)24-16-8-7-12-10-25(11-15(12)16)29(27,28)14-6-3-5-13(9-14)19(20,21)22/h3,5-6,9,12,15-17,24H,2,4,7-8,10-11H2,1H3,(H2,23,26)/t12-,15+,16+,17-/m0/s1. The molecule has 1 saturated heterocycles. The van der Waals surface area contributed by atoms with Gasteiger partial charge in [-0.2, -0.15) is 17.5 Å². The summed E-state index contributed by atoms with van der Waals surface area (Å²) in [4.78, 5) is 11.3. The van der Waals surface area contributed by atoms with Crippen LogP contribution in [0.25, 0.3) is 0 Å². The first-order valence-corrected chi connectivity index (χ1v) is 11.2. The summed E-state index contributed by atoms with van der Waals surface area (Å²) in [6, 6.07) is 3.35. The van der Waals surface area contributed by atoms with Gasteiger partial charge in [-0.05, 0) is 49.3 Å². The highest BCUT2D eigenvalue weighted by atomic mass is 32.2. The topological polar surface area (TPSA) is 92.5 Å². The van der Waals surface area contributed by atoms with Gasteiger partial charge < -0.3 is 11.1 Å². The van der Waals surface area contributed by atoms with Crippen molar-refractivity contribution < 1.29 is 26.4 Å². The molecular formula is C19H26F3N3O3S. The van der Waals surface area contributed by atoms with E-state index in [1.54, 1.807) is 0 Å². The van der Waals surface area contributed by atoms with E-state index in [2.05, 4.69) is 5.32 Å². The van der Waals surface area contributed by atoms with Crippen LogP contribution in [0.4, 0.5) is 13.2 Å². The Balaban J connectivity index is 1.75. The van der Waals surface area contributed by atoms with Gasteiger partial charge in [0, 0.05) is 19.1 Å². The third-order valence-corrected chi connectivity index (χ3v) is 7.79. The Morgan fingerprint density at radius 2 is 2.03 bits per heavy atom. The molecule has 1 saturated carbocycles. The van der Waals surface area contributed by atoms with E-state index in [1.807, 2.05) is 6.92 Å². The number of nitrogens with one attached hydrogen (secondary N) is 1. The number of amides is 1. The molecule has 2 fully saturated rings. The Morgan fingerprint density at radius 3 is 2.66 bits per heavy atom. The summed E-state index contributed by atoms with van der Waals surface area (Å²) < 4.78 is 66.1. The molecule has 0 bridgehead atoms. The first kappa shape index (κ1) is 22.0. The number of hydrogen-bond donors (Lipinski definition) is 2. The molecule has 6 nitrogen and oxygen atoms in total. The van der Waals surface area contributed by atoms with Crippen LogP contribution in [-0.4, -0.2) is 43.8 Å². The van der Waals surface area contributed by atoms with Gasteiger partial charge in [0.05, 0.1) is 16.5 Å². The Morgan fingerprint density at radius 1 is 1.31 bits per heavy atom. The van der Waals surface area contributed by atoms with Gasteiger partial charge in [-0.1, -0.05) is 19.4 Å². The van der Waals surface area contributed by atoms with Gasteiger partial charge in [-0.3, -0.25) is 4.79 Å². The SMILES string of the molecule is CCC[C@H](N[C@@H]1CC[C@H]2CN(S(=O)(=O)c3cccc(C(F)(F)F)c3)C[C@H]21)C(N)=O. The first-order valence-electron chi connectivity index (χ1n) is 9.76. The number of sulfonamides is 1. The predicted molar refractivity (Wildman–Crippen MR) is 101 cm³/mol. The Bertz CT molecular complexity index is 860. The van der Waals surface area contributed by atoms with Crippen LogP contribution in [0.3, 0.4) is 0 Å². The zero-order chi connectivity index (χ0) is 21.4. The zero-order valence-electron chi connectivity index (χ0n) is 16.2. The van der Waals surface area contributed by atoms with Gasteiger partial charge in [0.1, 0.15) is 0 Å². The fourth-order valence-corrected chi connectivity index (χ4v) is 6.05. The maximum atomic E-state index is 13.0. The fourth-order valence-electron chi connectivity index (χ4n) is 4.46. The number of alkyl halides is 3. The van der Waals surface area contributed by atoms with Gasteiger partial charge in [-0.25, -0.2) is 8.42 Å². The molecule has 0 radical (unpaired) electrons. The second kappa shape index (κ2) is 8.23. The van der Waals surface area contributed by atoms with Crippen LogP contribution in [-0.2, 0) is 21.0 Å². The lowest BCUT2D eigenvalue weighted by atomic mass is 9.97. The molecule has 2 aliphatic rings. The number of hydrogen-bond acceptors (Lipinski definition) is 4. The second-order valence-electron chi connectivity index (χ2n) is 7.87. The summed E-state index contributed by atoms with van der Waals surface area (Å²) in [6.45, 7) is 2.45. The number of rotatable bonds is 7. The summed E-state index contributed by atoms with van der Waals surface area (Å²) in [6.07, 6.45) is -1.59. The minimum Gasteiger partial charge on any atom is -0.368 e. The summed E-state index contributed by atoms with van der Waals surface area (Å²) in [5.41, 5.74) is 4.48. The minimum absolute atomic E-state index is 0.00859. The Kier molecular flexibility index (Phi) is 6.26. The average molecular weight is 433 g/mol. The number of nitrogens with two attached hydrogens (primary N) is 1. The van der Waals surface area contributed by atoms with Crippen LogP contribution >= 0.6 is 0 Å². The van der Waals surface area contributed by atoms with E-state index in [4.69, 9.17) is 5.73 Å². The third-order valence-electron chi connectivity index (χ3n) is 5.96. The monoisotopic (exact) mass is 433 g/mol. The number of halogens is 3. The van der Waals surface area contributed by atoms with Gasteiger partial charge >= 0.3 is 6.18 Å².